The Balaban J connectivity index is 1.07. The average molecular weight is 790 g/mol. The lowest BCUT2D eigenvalue weighted by atomic mass is 9.98. The number of para-hydroxylation sites is 3. The van der Waals surface area contributed by atoms with Crippen LogP contribution in [0.1, 0.15) is 16.7 Å². The van der Waals surface area contributed by atoms with Crippen LogP contribution < -0.4 is 0 Å². The summed E-state index contributed by atoms with van der Waals surface area (Å²) in [5.41, 5.74) is 13.8. The number of nitrogens with zero attached hydrogens (tertiary/aromatic N) is 7. The van der Waals surface area contributed by atoms with Crippen molar-refractivity contribution >= 4 is 43.6 Å². The molecule has 0 spiro atoms. The smallest absolute Gasteiger partial charge is 0.235 e. The summed E-state index contributed by atoms with van der Waals surface area (Å²) in [7, 11) is 0. The average Bonchev–Trinajstić information content (AvgIpc) is 3.86. The molecular weight excluding hydrogens is 759 g/mol. The van der Waals surface area contributed by atoms with Crippen LogP contribution in [0, 0.1) is 34.0 Å². The van der Waals surface area contributed by atoms with Crippen LogP contribution in [0.2, 0.25) is 0 Å². The summed E-state index contributed by atoms with van der Waals surface area (Å²) >= 11 is 0. The van der Waals surface area contributed by atoms with Crippen molar-refractivity contribution in [2.45, 2.75) is 0 Å². The third-order valence-corrected chi connectivity index (χ3v) is 11.7. The van der Waals surface area contributed by atoms with Crippen molar-refractivity contribution in [3.05, 3.63) is 205 Å². The Morgan fingerprint density at radius 1 is 0.339 bits per heavy atom. The molecule has 0 saturated heterocycles. The van der Waals surface area contributed by atoms with Gasteiger partial charge < -0.3 is 4.57 Å². The number of nitriles is 3. The Morgan fingerprint density at radius 2 is 0.855 bits per heavy atom. The second-order valence-electron chi connectivity index (χ2n) is 15.2. The Hall–Kier alpha value is -9.09. The molecular formula is C55H31N7. The molecule has 0 amide bonds. The fourth-order valence-electron chi connectivity index (χ4n) is 8.67. The molecule has 0 aliphatic carbocycles. The normalized spacial score (nSPS) is 11.2. The molecule has 8 aromatic carbocycles. The number of benzene rings is 8. The first-order valence-corrected chi connectivity index (χ1v) is 20.2. The van der Waals surface area contributed by atoms with Gasteiger partial charge in [-0.3, -0.25) is 4.57 Å². The fourth-order valence-corrected chi connectivity index (χ4v) is 8.67. The number of hydrogen-bond donors (Lipinski definition) is 0. The first-order valence-electron chi connectivity index (χ1n) is 20.2. The van der Waals surface area contributed by atoms with Gasteiger partial charge in [0.2, 0.25) is 5.95 Å². The van der Waals surface area contributed by atoms with Crippen molar-refractivity contribution in [1.29, 1.82) is 15.8 Å². The third kappa shape index (κ3) is 5.96. The molecule has 3 heterocycles. The van der Waals surface area contributed by atoms with Gasteiger partial charge in [-0.25, -0.2) is 9.97 Å². The molecule has 7 heteroatoms. The van der Waals surface area contributed by atoms with Gasteiger partial charge in [-0.2, -0.15) is 15.8 Å². The molecule has 0 unspecified atom stereocenters. The maximum absolute atomic E-state index is 9.63. The Kier molecular flexibility index (Phi) is 8.50. The van der Waals surface area contributed by atoms with Crippen LogP contribution in [-0.2, 0) is 0 Å². The first kappa shape index (κ1) is 36.0. The van der Waals surface area contributed by atoms with E-state index in [2.05, 4.69) is 130 Å². The van der Waals surface area contributed by atoms with Crippen molar-refractivity contribution in [3.63, 3.8) is 0 Å². The topological polar surface area (TPSA) is 107 Å². The number of aromatic nitrogens is 4. The van der Waals surface area contributed by atoms with E-state index in [9.17, 15) is 15.8 Å². The van der Waals surface area contributed by atoms with E-state index in [1.807, 2.05) is 60.7 Å². The molecule has 0 saturated carbocycles. The van der Waals surface area contributed by atoms with E-state index >= 15 is 0 Å². The highest BCUT2D eigenvalue weighted by Crippen LogP contribution is 2.39. The Labute approximate surface area is 356 Å². The summed E-state index contributed by atoms with van der Waals surface area (Å²) in [5, 5.41) is 33.2. The van der Waals surface area contributed by atoms with Crippen molar-refractivity contribution in [2.24, 2.45) is 0 Å². The minimum atomic E-state index is 0.341. The van der Waals surface area contributed by atoms with Gasteiger partial charge in [-0.15, -0.1) is 0 Å². The van der Waals surface area contributed by atoms with Gasteiger partial charge in [0, 0.05) is 38.4 Å². The van der Waals surface area contributed by atoms with Crippen LogP contribution in [0.25, 0.3) is 100 Å². The molecule has 0 aliphatic rings. The molecule has 62 heavy (non-hydrogen) atoms. The molecule has 0 fully saturated rings. The second kappa shape index (κ2) is 14.6. The maximum Gasteiger partial charge on any atom is 0.235 e. The molecule has 0 N–H and O–H groups in total. The van der Waals surface area contributed by atoms with Crippen LogP contribution in [0.4, 0.5) is 0 Å². The highest BCUT2D eigenvalue weighted by Gasteiger charge is 2.19. The zero-order valence-corrected chi connectivity index (χ0v) is 33.0. The number of hydrogen-bond acceptors (Lipinski definition) is 5. The lowest BCUT2D eigenvalue weighted by molar-refractivity contribution is 0.995. The molecule has 0 atom stereocenters. The molecule has 0 bridgehead atoms. The van der Waals surface area contributed by atoms with Gasteiger partial charge in [0.1, 0.15) is 12.1 Å². The van der Waals surface area contributed by atoms with Gasteiger partial charge >= 0.3 is 0 Å². The van der Waals surface area contributed by atoms with E-state index in [-0.39, 0.29) is 0 Å². The molecule has 7 nitrogen and oxygen atoms in total. The van der Waals surface area contributed by atoms with Gasteiger partial charge in [0.05, 0.1) is 56.2 Å². The van der Waals surface area contributed by atoms with Crippen molar-refractivity contribution in [1.82, 2.24) is 19.1 Å². The van der Waals surface area contributed by atoms with Crippen molar-refractivity contribution in [2.75, 3.05) is 0 Å². The van der Waals surface area contributed by atoms with E-state index in [1.165, 1.54) is 16.3 Å². The summed E-state index contributed by atoms with van der Waals surface area (Å²) in [6, 6.07) is 70.0. The van der Waals surface area contributed by atoms with E-state index in [4.69, 9.17) is 9.97 Å². The third-order valence-electron chi connectivity index (χ3n) is 11.7. The van der Waals surface area contributed by atoms with Gasteiger partial charge in [0.25, 0.3) is 0 Å². The Bertz CT molecular complexity index is 3710. The Morgan fingerprint density at radius 3 is 1.55 bits per heavy atom. The standard InChI is InChI=1S/C55H31N7/c56-32-35-14-16-37(17-15-35)49-31-50(38-20-18-36(19-21-38)39-22-23-42(33-57)43(28-39)34-58)60-55(59-49)62-52-13-7-5-11-46(52)48-29-40(25-27-53(48)62)41-24-26-47-45-10-4-6-12-51(45)61(54(47)30-41)44-8-2-1-3-9-44/h1-31H. The SMILES string of the molecule is N#Cc1ccc(-c2cc(-c3ccc(-c4ccc(C#N)c(C#N)c4)cc3)nc(-n3c4ccccc4c4cc(-c5ccc6c7ccccc7n(-c7ccccc7)c6c5)ccc43)n2)cc1. The fraction of sp³-hybridized carbons (Fsp3) is 0. The van der Waals surface area contributed by atoms with Crippen LogP contribution in [-0.4, -0.2) is 19.1 Å². The molecule has 11 aromatic rings. The van der Waals surface area contributed by atoms with E-state index in [0.717, 1.165) is 72.1 Å². The lowest BCUT2D eigenvalue weighted by Crippen LogP contribution is -2.04. The zero-order valence-electron chi connectivity index (χ0n) is 33.0. The van der Waals surface area contributed by atoms with Gasteiger partial charge in [-0.1, -0.05) is 115 Å². The predicted octanol–water partition coefficient (Wildman–Crippen LogP) is 13.0. The van der Waals surface area contributed by atoms with E-state index in [0.29, 0.717) is 28.3 Å². The van der Waals surface area contributed by atoms with Crippen LogP contribution in [0.3, 0.4) is 0 Å². The molecule has 286 valence electrons. The largest absolute Gasteiger partial charge is 0.309 e. The van der Waals surface area contributed by atoms with Crippen molar-refractivity contribution in [3.8, 4) is 74.6 Å². The quantitative estimate of drug-likeness (QED) is 0.167. The first-order chi connectivity index (χ1) is 30.6. The highest BCUT2D eigenvalue weighted by molar-refractivity contribution is 6.12. The molecule has 0 radical (unpaired) electrons. The summed E-state index contributed by atoms with van der Waals surface area (Å²) in [6.45, 7) is 0. The second-order valence-corrected chi connectivity index (χ2v) is 15.2. The summed E-state index contributed by atoms with van der Waals surface area (Å²) in [6.07, 6.45) is 0. The minimum Gasteiger partial charge on any atom is -0.309 e. The number of rotatable bonds is 6. The van der Waals surface area contributed by atoms with Crippen LogP contribution >= 0.6 is 0 Å². The van der Waals surface area contributed by atoms with E-state index < -0.39 is 0 Å². The predicted molar refractivity (Wildman–Crippen MR) is 247 cm³/mol. The number of fused-ring (bicyclic) bond motifs is 6. The lowest BCUT2D eigenvalue weighted by Gasteiger charge is -2.12. The summed E-state index contributed by atoms with van der Waals surface area (Å²) in [4.78, 5) is 10.5. The molecule has 3 aromatic heterocycles. The monoisotopic (exact) mass is 789 g/mol. The summed E-state index contributed by atoms with van der Waals surface area (Å²) in [5.74, 6) is 0.518. The van der Waals surface area contributed by atoms with E-state index in [1.54, 1.807) is 24.3 Å². The molecule has 0 aliphatic heterocycles. The van der Waals surface area contributed by atoms with Gasteiger partial charge in [-0.05, 0) is 95.1 Å². The van der Waals surface area contributed by atoms with Crippen molar-refractivity contribution < 1.29 is 0 Å². The van der Waals surface area contributed by atoms with Crippen LogP contribution in [0.5, 0.6) is 0 Å². The van der Waals surface area contributed by atoms with Gasteiger partial charge in [0.15, 0.2) is 0 Å². The highest BCUT2D eigenvalue weighted by atomic mass is 15.2. The zero-order chi connectivity index (χ0) is 41.7. The minimum absolute atomic E-state index is 0.341. The van der Waals surface area contributed by atoms with Crippen LogP contribution in [0.15, 0.2) is 188 Å². The summed E-state index contributed by atoms with van der Waals surface area (Å²) < 4.78 is 4.48. The maximum atomic E-state index is 9.63. The molecule has 11 rings (SSSR count).